The third-order valence-electron chi connectivity index (χ3n) is 4.15. The monoisotopic (exact) mass is 358 g/mol. The predicted octanol–water partition coefficient (Wildman–Crippen LogP) is 3.35. The Morgan fingerprint density at radius 1 is 1.38 bits per heavy atom. The number of ether oxygens (including phenoxy) is 1. The van der Waals surface area contributed by atoms with Crippen LogP contribution >= 0.6 is 15.9 Å². The van der Waals surface area contributed by atoms with Gasteiger partial charge < -0.3 is 10.1 Å². The van der Waals surface area contributed by atoms with Crippen LogP contribution in [0.15, 0.2) is 22.7 Å². The molecule has 1 aliphatic rings. The molecule has 0 amide bonds. The van der Waals surface area contributed by atoms with Crippen molar-refractivity contribution in [2.75, 3.05) is 32.8 Å². The number of nitrogens with one attached hydrogen (secondary N) is 1. The van der Waals surface area contributed by atoms with Gasteiger partial charge in [-0.25, -0.2) is 4.39 Å². The zero-order valence-corrected chi connectivity index (χ0v) is 14.5. The van der Waals surface area contributed by atoms with Gasteiger partial charge in [0.15, 0.2) is 0 Å². The van der Waals surface area contributed by atoms with Crippen LogP contribution in [0.4, 0.5) is 4.39 Å². The molecule has 1 fully saturated rings. The number of benzene rings is 1. The second-order valence-electron chi connectivity index (χ2n) is 6.19. The van der Waals surface area contributed by atoms with E-state index in [1.807, 2.05) is 12.1 Å². The molecule has 1 saturated heterocycles. The molecule has 0 radical (unpaired) electrons. The maximum absolute atomic E-state index is 13.3. The van der Waals surface area contributed by atoms with Crippen molar-refractivity contribution in [2.24, 2.45) is 0 Å². The lowest BCUT2D eigenvalue weighted by atomic mass is 10.0. The molecule has 1 atom stereocenters. The van der Waals surface area contributed by atoms with Gasteiger partial charge in [-0.2, -0.15) is 0 Å². The molecule has 0 saturated carbocycles. The summed E-state index contributed by atoms with van der Waals surface area (Å²) in [6.45, 7) is 11.1. The number of nitrogens with zero attached hydrogens (tertiary/aromatic N) is 1. The second-order valence-corrected chi connectivity index (χ2v) is 7.04. The predicted molar refractivity (Wildman–Crippen MR) is 87.0 cm³/mol. The molecule has 5 heteroatoms. The van der Waals surface area contributed by atoms with Crippen molar-refractivity contribution in [1.29, 1.82) is 0 Å². The van der Waals surface area contributed by atoms with E-state index in [4.69, 9.17) is 4.74 Å². The van der Waals surface area contributed by atoms with E-state index < -0.39 is 0 Å². The largest absolute Gasteiger partial charge is 0.379 e. The zero-order chi connectivity index (χ0) is 15.5. The van der Waals surface area contributed by atoms with Crippen LogP contribution in [-0.4, -0.2) is 43.3 Å². The van der Waals surface area contributed by atoms with Crippen LogP contribution in [0.1, 0.15) is 32.4 Å². The minimum Gasteiger partial charge on any atom is -0.379 e. The Balaban J connectivity index is 1.92. The first-order chi connectivity index (χ1) is 9.90. The number of rotatable bonds is 5. The fourth-order valence-corrected chi connectivity index (χ4v) is 2.98. The Hall–Kier alpha value is -0.490. The lowest BCUT2D eigenvalue weighted by Gasteiger charge is -2.41. The molecule has 21 heavy (non-hydrogen) atoms. The van der Waals surface area contributed by atoms with Gasteiger partial charge in [0.05, 0.1) is 17.7 Å². The first kappa shape index (κ1) is 16.9. The highest BCUT2D eigenvalue weighted by molar-refractivity contribution is 9.10. The van der Waals surface area contributed by atoms with Gasteiger partial charge in [0.25, 0.3) is 0 Å². The van der Waals surface area contributed by atoms with Crippen LogP contribution < -0.4 is 5.32 Å². The Morgan fingerprint density at radius 3 is 2.67 bits per heavy atom. The minimum absolute atomic E-state index is 0.0787. The number of halogens is 2. The molecule has 1 N–H and O–H groups in total. The van der Waals surface area contributed by atoms with Crippen molar-refractivity contribution in [3.63, 3.8) is 0 Å². The highest BCUT2D eigenvalue weighted by Gasteiger charge is 2.28. The van der Waals surface area contributed by atoms with E-state index in [-0.39, 0.29) is 17.4 Å². The average molecular weight is 359 g/mol. The zero-order valence-electron chi connectivity index (χ0n) is 13.0. The topological polar surface area (TPSA) is 24.5 Å². The van der Waals surface area contributed by atoms with Crippen molar-refractivity contribution in [3.05, 3.63) is 34.1 Å². The van der Waals surface area contributed by atoms with Crippen molar-refractivity contribution >= 4 is 15.9 Å². The van der Waals surface area contributed by atoms with Crippen molar-refractivity contribution < 1.29 is 9.13 Å². The van der Waals surface area contributed by atoms with Gasteiger partial charge in [-0.1, -0.05) is 6.07 Å². The van der Waals surface area contributed by atoms with Crippen molar-refractivity contribution in [1.82, 2.24) is 10.2 Å². The highest BCUT2D eigenvalue weighted by Crippen LogP contribution is 2.22. The molecule has 0 aliphatic carbocycles. The lowest BCUT2D eigenvalue weighted by molar-refractivity contribution is -0.0102. The van der Waals surface area contributed by atoms with Crippen LogP contribution in [0.5, 0.6) is 0 Å². The molecule has 1 aliphatic heterocycles. The van der Waals surface area contributed by atoms with Crippen LogP contribution in [0, 0.1) is 5.82 Å². The SMILES string of the molecule is CC(NCC(C)(C)N1CCOCC1)c1ccc(F)c(Br)c1. The van der Waals surface area contributed by atoms with Gasteiger partial charge in [0, 0.05) is 31.2 Å². The van der Waals surface area contributed by atoms with Crippen molar-refractivity contribution in [2.45, 2.75) is 32.4 Å². The van der Waals surface area contributed by atoms with E-state index in [0.29, 0.717) is 4.47 Å². The summed E-state index contributed by atoms with van der Waals surface area (Å²) in [6, 6.07) is 5.36. The fourth-order valence-electron chi connectivity index (χ4n) is 2.58. The molecule has 0 bridgehead atoms. The standard InChI is InChI=1S/C16H24BrFN2O/c1-12(13-4-5-15(18)14(17)10-13)19-11-16(2,3)20-6-8-21-9-7-20/h4-5,10,12,19H,6-9,11H2,1-3H3. The smallest absolute Gasteiger partial charge is 0.137 e. The van der Waals surface area contributed by atoms with Gasteiger partial charge in [0.1, 0.15) is 5.82 Å². The first-order valence-electron chi connectivity index (χ1n) is 7.41. The van der Waals surface area contributed by atoms with E-state index in [1.165, 1.54) is 6.07 Å². The third kappa shape index (κ3) is 4.49. The number of morpholine rings is 1. The van der Waals surface area contributed by atoms with E-state index in [9.17, 15) is 4.39 Å². The van der Waals surface area contributed by atoms with Crippen LogP contribution in [-0.2, 0) is 4.74 Å². The molecule has 2 rings (SSSR count). The molecule has 0 spiro atoms. The highest BCUT2D eigenvalue weighted by atomic mass is 79.9. The summed E-state index contributed by atoms with van der Waals surface area (Å²) in [5.74, 6) is -0.223. The molecule has 1 unspecified atom stereocenters. The van der Waals surface area contributed by atoms with E-state index in [2.05, 4.69) is 46.9 Å². The first-order valence-corrected chi connectivity index (χ1v) is 8.20. The molecular weight excluding hydrogens is 335 g/mol. The Kier molecular flexibility index (Phi) is 5.77. The maximum Gasteiger partial charge on any atom is 0.137 e. The number of hydrogen-bond acceptors (Lipinski definition) is 3. The van der Waals surface area contributed by atoms with E-state index in [1.54, 1.807) is 0 Å². The summed E-state index contributed by atoms with van der Waals surface area (Å²) < 4.78 is 19.2. The van der Waals surface area contributed by atoms with Gasteiger partial charge in [0.2, 0.25) is 0 Å². The third-order valence-corrected chi connectivity index (χ3v) is 4.76. The summed E-state index contributed by atoms with van der Waals surface area (Å²) in [4.78, 5) is 2.46. The van der Waals surface area contributed by atoms with Gasteiger partial charge in [-0.3, -0.25) is 4.90 Å². The van der Waals surface area contributed by atoms with Crippen LogP contribution in [0.3, 0.4) is 0 Å². The van der Waals surface area contributed by atoms with Crippen LogP contribution in [0.25, 0.3) is 0 Å². The summed E-state index contributed by atoms with van der Waals surface area (Å²) in [7, 11) is 0. The molecule has 3 nitrogen and oxygen atoms in total. The van der Waals surface area contributed by atoms with E-state index >= 15 is 0 Å². The molecule has 1 heterocycles. The molecule has 118 valence electrons. The summed E-state index contributed by atoms with van der Waals surface area (Å²) in [5.41, 5.74) is 1.16. The molecule has 1 aromatic rings. The van der Waals surface area contributed by atoms with Gasteiger partial charge in [-0.15, -0.1) is 0 Å². The normalized spacial score (nSPS) is 18.7. The Bertz CT molecular complexity index is 475. The van der Waals surface area contributed by atoms with Gasteiger partial charge >= 0.3 is 0 Å². The van der Waals surface area contributed by atoms with Gasteiger partial charge in [-0.05, 0) is 54.4 Å². The average Bonchev–Trinajstić information content (AvgIpc) is 2.48. The molecule has 1 aromatic carbocycles. The summed E-state index contributed by atoms with van der Waals surface area (Å²) in [6.07, 6.45) is 0. The number of hydrogen-bond donors (Lipinski definition) is 1. The minimum atomic E-state index is -0.223. The fraction of sp³-hybridized carbons (Fsp3) is 0.625. The Morgan fingerprint density at radius 2 is 2.05 bits per heavy atom. The lowest BCUT2D eigenvalue weighted by Crippen LogP contribution is -2.54. The van der Waals surface area contributed by atoms with E-state index in [0.717, 1.165) is 38.4 Å². The quantitative estimate of drug-likeness (QED) is 0.873. The summed E-state index contributed by atoms with van der Waals surface area (Å²) in [5, 5.41) is 3.56. The Labute approximate surface area is 135 Å². The second kappa shape index (κ2) is 7.18. The maximum atomic E-state index is 13.3. The molecular formula is C16H24BrFN2O. The van der Waals surface area contributed by atoms with Crippen molar-refractivity contribution in [3.8, 4) is 0 Å². The summed E-state index contributed by atoms with van der Waals surface area (Å²) >= 11 is 3.24. The molecule has 0 aromatic heterocycles. The van der Waals surface area contributed by atoms with Crippen LogP contribution in [0.2, 0.25) is 0 Å².